The predicted octanol–water partition coefficient (Wildman–Crippen LogP) is 2.22. The predicted molar refractivity (Wildman–Crippen MR) is 253 cm³/mol. The molecule has 0 aromatic heterocycles. The van der Waals surface area contributed by atoms with Gasteiger partial charge in [-0.15, -0.1) is 0 Å². The maximum Gasteiger partial charge on any atom is 0.391 e. The highest BCUT2D eigenvalue weighted by Crippen LogP contribution is 2.25. The van der Waals surface area contributed by atoms with Crippen LogP contribution in [0.15, 0.2) is 42.5 Å². The number of carbonyl (C=O) groups is 11. The summed E-state index contributed by atoms with van der Waals surface area (Å²) >= 11 is 0. The van der Waals surface area contributed by atoms with Crippen LogP contribution >= 0.6 is 0 Å². The van der Waals surface area contributed by atoms with Gasteiger partial charge in [0.05, 0.1) is 26.4 Å². The number of aryl methyl sites for hydroxylation is 2. The number of hydrogen-bond acceptors (Lipinski definition) is 12. The molecule has 0 heterocycles. The Morgan fingerprint density at radius 1 is 0.616 bits per heavy atom. The molecule has 0 spiro atoms. The molecular formula is C48H64F3N7O15. The van der Waals surface area contributed by atoms with E-state index >= 15 is 0 Å². The van der Waals surface area contributed by atoms with E-state index in [-0.39, 0.29) is 18.5 Å². The highest BCUT2D eigenvalue weighted by atomic mass is 19.4. The molecule has 0 aliphatic rings. The maximum absolute atomic E-state index is 14.4. The maximum atomic E-state index is 14.4. The molecule has 2 aromatic rings. The first kappa shape index (κ1) is 61.5. The number of ether oxygens (including phenoxy) is 1. The van der Waals surface area contributed by atoms with Crippen molar-refractivity contribution in [3.8, 4) is 5.75 Å². The lowest BCUT2D eigenvalue weighted by molar-refractivity contribution is -0.153. The van der Waals surface area contributed by atoms with Gasteiger partial charge in [-0.3, -0.25) is 52.7 Å². The van der Waals surface area contributed by atoms with Gasteiger partial charge in [0.15, 0.2) is 0 Å². The number of alkyl halides is 3. The topological polar surface area (TPSA) is 342 Å². The first-order chi connectivity index (χ1) is 33.8. The van der Waals surface area contributed by atoms with Crippen molar-refractivity contribution < 1.29 is 86.0 Å². The molecule has 0 radical (unpaired) electrons. The minimum Gasteiger partial charge on any atom is -0.497 e. The second kappa shape index (κ2) is 27.9. The third-order valence-corrected chi connectivity index (χ3v) is 10.9. The number of hydrogen-bond donors (Lipinski definition) is 10. The molecule has 0 aliphatic heterocycles. The van der Waals surface area contributed by atoms with E-state index in [2.05, 4.69) is 31.9 Å². The number of ketones is 1. The van der Waals surface area contributed by atoms with Crippen LogP contribution in [0, 0.1) is 25.2 Å². The summed E-state index contributed by atoms with van der Waals surface area (Å²) in [5.41, 5.74) is 0.357. The Morgan fingerprint density at radius 2 is 1.16 bits per heavy atom. The molecule has 10 N–H and O–H groups in total. The number of rotatable bonds is 28. The smallest absolute Gasteiger partial charge is 0.391 e. The second-order valence-electron chi connectivity index (χ2n) is 18.7. The molecule has 6 atom stereocenters. The lowest BCUT2D eigenvalue weighted by atomic mass is 9.85. The number of anilines is 1. The molecule has 2 rings (SSSR count). The van der Waals surface area contributed by atoms with Gasteiger partial charge >= 0.3 is 24.1 Å². The van der Waals surface area contributed by atoms with E-state index in [0.29, 0.717) is 22.4 Å². The highest BCUT2D eigenvalue weighted by molar-refractivity contribution is 6.42. The zero-order chi connectivity index (χ0) is 55.5. The van der Waals surface area contributed by atoms with Crippen LogP contribution < -0.4 is 42.0 Å². The highest BCUT2D eigenvalue weighted by Gasteiger charge is 2.42. The van der Waals surface area contributed by atoms with Gasteiger partial charge in [-0.2, -0.15) is 13.2 Å². The largest absolute Gasteiger partial charge is 0.497 e. The van der Waals surface area contributed by atoms with Gasteiger partial charge in [-0.1, -0.05) is 58.9 Å². The van der Waals surface area contributed by atoms with Crippen LogP contribution in [0.25, 0.3) is 0 Å². The standard InChI is InChI=1S/C48H64F3N7O15/c1-24(2)19-31(42(68)57-34(23-48(49,50)51)39(66)45(71)53-29-14-13-28(73-8)20-26(29)4)56-46(72)40(47(5,6)7)58-44(70)32(21-27-12-10-9-11-25(27)3)55-41(67)30(15-17-36(60)61)54-43(69)33(22-38(64)65)52-35(59)16-18-37(62)63/h9-14,20,24,30-34,40H,15-19,21-23H2,1-8H3,(H,52,59)(H,53,71)(H,54,69)(H,55,67)(H,56,72)(H,57,68)(H,58,70)(H,60,61)(H,62,63)(H,64,65)/t30-,31-,32-,33-,34-,40+/m0/s1. The fourth-order valence-electron chi connectivity index (χ4n) is 7.06. The zero-order valence-electron chi connectivity index (χ0n) is 41.6. The molecule has 0 bridgehead atoms. The van der Waals surface area contributed by atoms with Gasteiger partial charge < -0.3 is 57.3 Å². The SMILES string of the molecule is COc1ccc(NC(=O)C(=O)[C@H](CC(F)(F)F)NC(=O)[C@H](CC(C)C)NC(=O)[C@@H](NC(=O)[C@H](Cc2ccccc2C)NC(=O)[C@H](CCC(=O)O)NC(=O)[C@H](CC(=O)O)NC(=O)CCC(=O)O)C(C)(C)C)c(C)c1. The molecular weight excluding hydrogens is 972 g/mol. The van der Waals surface area contributed by atoms with Crippen molar-refractivity contribution in [3.05, 3.63) is 59.2 Å². The molecule has 402 valence electrons. The third kappa shape index (κ3) is 21.7. The molecule has 73 heavy (non-hydrogen) atoms. The van der Waals surface area contributed by atoms with E-state index in [1.165, 1.54) is 53.0 Å². The van der Waals surface area contributed by atoms with Crippen molar-refractivity contribution in [1.29, 1.82) is 0 Å². The lowest BCUT2D eigenvalue weighted by Gasteiger charge is -2.34. The van der Waals surface area contributed by atoms with Crippen molar-refractivity contribution in [1.82, 2.24) is 31.9 Å². The van der Waals surface area contributed by atoms with Crippen LogP contribution in [0.1, 0.15) is 96.3 Å². The number of nitrogens with one attached hydrogen (secondary N) is 7. The van der Waals surface area contributed by atoms with E-state index in [1.54, 1.807) is 45.0 Å². The Bertz CT molecular complexity index is 2370. The van der Waals surface area contributed by atoms with Gasteiger partial charge in [-0.05, 0) is 72.9 Å². The van der Waals surface area contributed by atoms with Crippen LogP contribution in [0.5, 0.6) is 5.75 Å². The summed E-state index contributed by atoms with van der Waals surface area (Å²) in [4.78, 5) is 143. The summed E-state index contributed by atoms with van der Waals surface area (Å²) in [6, 6.07) is -0.114. The number of benzene rings is 2. The Hall–Kier alpha value is -7.60. The number of halogens is 3. The van der Waals surface area contributed by atoms with E-state index in [0.717, 1.165) is 0 Å². The summed E-state index contributed by atoms with van der Waals surface area (Å²) in [7, 11) is 1.38. The van der Waals surface area contributed by atoms with Crippen molar-refractivity contribution in [2.75, 3.05) is 12.4 Å². The van der Waals surface area contributed by atoms with Gasteiger partial charge in [0.25, 0.3) is 5.91 Å². The zero-order valence-corrected chi connectivity index (χ0v) is 41.6. The Labute approximate surface area is 418 Å². The van der Waals surface area contributed by atoms with Crippen LogP contribution in [0.2, 0.25) is 0 Å². The Morgan fingerprint density at radius 3 is 1.70 bits per heavy atom. The third-order valence-electron chi connectivity index (χ3n) is 10.9. The number of methoxy groups -OCH3 is 1. The van der Waals surface area contributed by atoms with Gasteiger partial charge in [-0.25, -0.2) is 0 Å². The molecule has 25 heteroatoms. The molecule has 0 aliphatic carbocycles. The van der Waals surface area contributed by atoms with Crippen LogP contribution in [-0.4, -0.2) is 130 Å². The number of Topliss-reactive ketones (excluding diaryl/α,β-unsaturated/α-hetero) is 1. The number of carboxylic acids is 3. The van der Waals surface area contributed by atoms with Crippen molar-refractivity contribution in [2.45, 2.75) is 142 Å². The number of amides is 7. The number of aliphatic carboxylic acids is 3. The molecule has 0 unspecified atom stereocenters. The van der Waals surface area contributed by atoms with Gasteiger partial charge in [0, 0.05) is 24.9 Å². The normalized spacial score (nSPS) is 13.9. The van der Waals surface area contributed by atoms with Crippen LogP contribution in [0.4, 0.5) is 18.9 Å². The summed E-state index contributed by atoms with van der Waals surface area (Å²) in [6.07, 6.45) is -11.3. The fraction of sp³-hybridized carbons (Fsp3) is 0.521. The molecule has 0 fully saturated rings. The van der Waals surface area contributed by atoms with Crippen LogP contribution in [0.3, 0.4) is 0 Å². The van der Waals surface area contributed by atoms with Gasteiger partial charge in [0.2, 0.25) is 41.2 Å². The number of carboxylic acid groups (broad SMARTS) is 3. The average Bonchev–Trinajstić information content (AvgIpc) is 3.27. The van der Waals surface area contributed by atoms with Crippen molar-refractivity contribution >= 4 is 70.7 Å². The molecule has 0 saturated carbocycles. The second-order valence-corrected chi connectivity index (χ2v) is 18.7. The van der Waals surface area contributed by atoms with Crippen molar-refractivity contribution in [2.24, 2.45) is 11.3 Å². The Balaban J connectivity index is 2.52. The van der Waals surface area contributed by atoms with Crippen molar-refractivity contribution in [3.63, 3.8) is 0 Å². The number of carbonyl (C=O) groups excluding carboxylic acids is 8. The van der Waals surface area contributed by atoms with E-state index in [4.69, 9.17) is 9.84 Å². The van der Waals surface area contributed by atoms with E-state index in [1.807, 2.05) is 5.32 Å². The summed E-state index contributed by atoms with van der Waals surface area (Å²) < 4.78 is 46.8. The van der Waals surface area contributed by atoms with Crippen LogP contribution in [-0.2, 0) is 59.2 Å². The lowest BCUT2D eigenvalue weighted by Crippen LogP contribution is -2.62. The van der Waals surface area contributed by atoms with E-state index < -0.39 is 157 Å². The first-order valence-corrected chi connectivity index (χ1v) is 22.9. The summed E-state index contributed by atoms with van der Waals surface area (Å²) in [5, 5.41) is 43.8. The monoisotopic (exact) mass is 1040 g/mol. The minimum absolute atomic E-state index is 0.0719. The average molecular weight is 1040 g/mol. The summed E-state index contributed by atoms with van der Waals surface area (Å²) in [5.74, 6) is -14.4. The van der Waals surface area contributed by atoms with Gasteiger partial charge in [0.1, 0.15) is 42.0 Å². The fourth-order valence-corrected chi connectivity index (χ4v) is 7.06. The molecule has 7 amide bonds. The Kier molecular flexibility index (Phi) is 23.5. The molecule has 22 nitrogen and oxygen atoms in total. The quantitative estimate of drug-likeness (QED) is 0.0547. The molecule has 2 aromatic carbocycles. The minimum atomic E-state index is -5.07. The summed E-state index contributed by atoms with van der Waals surface area (Å²) in [6.45, 7) is 11.0. The first-order valence-electron chi connectivity index (χ1n) is 22.9. The van der Waals surface area contributed by atoms with E-state index in [9.17, 15) is 76.1 Å². The molecule has 0 saturated heterocycles.